The molecule has 0 saturated carbocycles. The van der Waals surface area contributed by atoms with Crippen LogP contribution in [0.3, 0.4) is 0 Å². The van der Waals surface area contributed by atoms with Crippen LogP contribution < -0.4 is 10.6 Å². The van der Waals surface area contributed by atoms with E-state index in [0.29, 0.717) is 12.5 Å². The number of rotatable bonds is 3. The van der Waals surface area contributed by atoms with Crippen LogP contribution in [0, 0.1) is 5.92 Å². The lowest BCUT2D eigenvalue weighted by Crippen LogP contribution is -2.34. The van der Waals surface area contributed by atoms with Crippen molar-refractivity contribution < 1.29 is 13.2 Å². The summed E-state index contributed by atoms with van der Waals surface area (Å²) in [6.45, 7) is 2.51. The fourth-order valence-corrected chi connectivity index (χ4v) is 2.58. The second-order valence-corrected chi connectivity index (χ2v) is 5.05. The molecule has 2 nitrogen and oxygen atoms in total. The highest BCUT2D eigenvalue weighted by Crippen LogP contribution is 2.31. The molecule has 1 aliphatic rings. The molecule has 0 spiro atoms. The van der Waals surface area contributed by atoms with Gasteiger partial charge in [-0.25, -0.2) is 0 Å². The molecule has 0 bridgehead atoms. The molecule has 1 heterocycles. The van der Waals surface area contributed by atoms with Crippen LogP contribution in [-0.2, 0) is 6.18 Å². The molecule has 1 aliphatic heterocycles. The lowest BCUT2D eigenvalue weighted by molar-refractivity contribution is -0.137. The van der Waals surface area contributed by atoms with E-state index in [1.807, 2.05) is 0 Å². The van der Waals surface area contributed by atoms with Gasteiger partial charge in [0, 0.05) is 18.8 Å². The molecular formula is C14H19F3N2. The number of hydrogen-bond acceptors (Lipinski definition) is 2. The first-order valence-corrected chi connectivity index (χ1v) is 6.63. The molecule has 1 fully saturated rings. The van der Waals surface area contributed by atoms with E-state index in [-0.39, 0.29) is 0 Å². The van der Waals surface area contributed by atoms with E-state index in [1.54, 1.807) is 12.1 Å². The first-order valence-electron chi connectivity index (χ1n) is 6.63. The summed E-state index contributed by atoms with van der Waals surface area (Å²) in [7, 11) is 0. The summed E-state index contributed by atoms with van der Waals surface area (Å²) in [5.74, 6) is 0.663. The van der Waals surface area contributed by atoms with E-state index >= 15 is 0 Å². The monoisotopic (exact) mass is 272 g/mol. The topological polar surface area (TPSA) is 29.3 Å². The molecule has 19 heavy (non-hydrogen) atoms. The Hall–Kier alpha value is -1.23. The van der Waals surface area contributed by atoms with Gasteiger partial charge < -0.3 is 10.6 Å². The molecule has 0 unspecified atom stereocenters. The molecule has 5 heteroatoms. The number of piperidine rings is 1. The van der Waals surface area contributed by atoms with E-state index in [9.17, 15) is 13.2 Å². The number of nitrogens with two attached hydrogens (primary N) is 1. The van der Waals surface area contributed by atoms with Crippen LogP contribution in [0.4, 0.5) is 18.9 Å². The van der Waals surface area contributed by atoms with E-state index in [4.69, 9.17) is 5.73 Å². The van der Waals surface area contributed by atoms with Gasteiger partial charge in [0.05, 0.1) is 5.56 Å². The van der Waals surface area contributed by atoms with E-state index in [2.05, 4.69) is 4.90 Å². The zero-order valence-electron chi connectivity index (χ0n) is 10.8. The summed E-state index contributed by atoms with van der Waals surface area (Å²) in [6, 6.07) is 5.43. The molecule has 1 aromatic rings. The van der Waals surface area contributed by atoms with Gasteiger partial charge in [-0.05, 0) is 56.0 Å². The summed E-state index contributed by atoms with van der Waals surface area (Å²) in [4.78, 5) is 2.15. The van der Waals surface area contributed by atoms with Crippen LogP contribution in [0.15, 0.2) is 24.3 Å². The maximum Gasteiger partial charge on any atom is 0.416 e. The summed E-state index contributed by atoms with van der Waals surface area (Å²) in [6.07, 6.45) is -1.08. The molecule has 0 atom stereocenters. The van der Waals surface area contributed by atoms with E-state index in [1.165, 1.54) is 0 Å². The highest BCUT2D eigenvalue weighted by atomic mass is 19.4. The molecule has 1 aromatic carbocycles. The zero-order chi connectivity index (χ0) is 13.9. The molecular weight excluding hydrogens is 253 g/mol. The van der Waals surface area contributed by atoms with Crippen molar-refractivity contribution in [1.82, 2.24) is 0 Å². The molecule has 0 aromatic heterocycles. The Bertz CT molecular complexity index is 392. The maximum atomic E-state index is 12.5. The largest absolute Gasteiger partial charge is 0.416 e. The summed E-state index contributed by atoms with van der Waals surface area (Å²) < 4.78 is 37.4. The lowest BCUT2D eigenvalue weighted by atomic mass is 9.93. The third kappa shape index (κ3) is 3.62. The average molecular weight is 272 g/mol. The van der Waals surface area contributed by atoms with Gasteiger partial charge in [0.2, 0.25) is 0 Å². The molecule has 106 valence electrons. The zero-order valence-corrected chi connectivity index (χ0v) is 10.8. The van der Waals surface area contributed by atoms with Crippen LogP contribution in [0.5, 0.6) is 0 Å². The predicted molar refractivity (Wildman–Crippen MR) is 70.1 cm³/mol. The van der Waals surface area contributed by atoms with Gasteiger partial charge in [-0.3, -0.25) is 0 Å². The van der Waals surface area contributed by atoms with Gasteiger partial charge in [0.25, 0.3) is 0 Å². The second-order valence-electron chi connectivity index (χ2n) is 5.05. The minimum atomic E-state index is -4.26. The highest BCUT2D eigenvalue weighted by molar-refractivity contribution is 5.48. The third-order valence-corrected chi connectivity index (χ3v) is 3.75. The van der Waals surface area contributed by atoms with Gasteiger partial charge in [0.1, 0.15) is 0 Å². The van der Waals surface area contributed by atoms with Crippen LogP contribution in [0.2, 0.25) is 0 Å². The highest BCUT2D eigenvalue weighted by Gasteiger charge is 2.30. The lowest BCUT2D eigenvalue weighted by Gasteiger charge is -2.33. The van der Waals surface area contributed by atoms with Crippen molar-refractivity contribution in [2.24, 2.45) is 11.7 Å². The number of anilines is 1. The van der Waals surface area contributed by atoms with Crippen LogP contribution in [0.25, 0.3) is 0 Å². The van der Waals surface area contributed by atoms with Crippen molar-refractivity contribution in [1.29, 1.82) is 0 Å². The smallest absolute Gasteiger partial charge is 0.372 e. The van der Waals surface area contributed by atoms with E-state index in [0.717, 1.165) is 50.2 Å². The van der Waals surface area contributed by atoms with Crippen LogP contribution in [-0.4, -0.2) is 19.6 Å². The standard InChI is InChI=1S/C14H19F3N2/c15-14(16,17)12-1-3-13(4-2-12)19-9-6-11(5-8-18)7-10-19/h1-4,11H,5-10,18H2. The molecule has 0 radical (unpaired) electrons. The molecule has 0 amide bonds. The van der Waals surface area contributed by atoms with Crippen molar-refractivity contribution >= 4 is 5.69 Å². The number of halogens is 3. The van der Waals surface area contributed by atoms with Crippen molar-refractivity contribution in [3.05, 3.63) is 29.8 Å². The molecule has 0 aliphatic carbocycles. The van der Waals surface area contributed by atoms with Crippen molar-refractivity contribution in [2.45, 2.75) is 25.4 Å². The Labute approximate surface area is 111 Å². The van der Waals surface area contributed by atoms with Crippen molar-refractivity contribution in [2.75, 3.05) is 24.5 Å². The second kappa shape index (κ2) is 5.82. The van der Waals surface area contributed by atoms with E-state index < -0.39 is 11.7 Å². The Balaban J connectivity index is 1.97. The number of hydrogen-bond donors (Lipinski definition) is 1. The number of alkyl halides is 3. The molecule has 1 saturated heterocycles. The summed E-state index contributed by atoms with van der Waals surface area (Å²) in [5, 5.41) is 0. The van der Waals surface area contributed by atoms with Crippen LogP contribution >= 0.6 is 0 Å². The Morgan fingerprint density at radius 3 is 2.16 bits per heavy atom. The SMILES string of the molecule is NCCC1CCN(c2ccc(C(F)(F)F)cc2)CC1. The Kier molecular flexibility index (Phi) is 4.34. The average Bonchev–Trinajstić information content (AvgIpc) is 2.39. The van der Waals surface area contributed by atoms with Gasteiger partial charge >= 0.3 is 6.18 Å². The van der Waals surface area contributed by atoms with Gasteiger partial charge in [0.15, 0.2) is 0 Å². The first kappa shape index (κ1) is 14.2. The predicted octanol–water partition coefficient (Wildman–Crippen LogP) is 3.27. The first-order chi connectivity index (χ1) is 9.00. The normalized spacial score (nSPS) is 17.8. The van der Waals surface area contributed by atoms with Gasteiger partial charge in [-0.15, -0.1) is 0 Å². The van der Waals surface area contributed by atoms with Gasteiger partial charge in [-0.2, -0.15) is 13.2 Å². The molecule has 2 rings (SSSR count). The third-order valence-electron chi connectivity index (χ3n) is 3.75. The summed E-state index contributed by atoms with van der Waals surface area (Å²) in [5.41, 5.74) is 5.83. The number of benzene rings is 1. The van der Waals surface area contributed by atoms with Crippen LogP contribution in [0.1, 0.15) is 24.8 Å². The Morgan fingerprint density at radius 2 is 1.68 bits per heavy atom. The van der Waals surface area contributed by atoms with Crippen molar-refractivity contribution in [3.8, 4) is 0 Å². The maximum absolute atomic E-state index is 12.5. The Morgan fingerprint density at radius 1 is 1.11 bits per heavy atom. The van der Waals surface area contributed by atoms with Gasteiger partial charge in [-0.1, -0.05) is 0 Å². The quantitative estimate of drug-likeness (QED) is 0.915. The fourth-order valence-electron chi connectivity index (χ4n) is 2.58. The molecule has 2 N–H and O–H groups in total. The summed E-state index contributed by atoms with van der Waals surface area (Å²) >= 11 is 0. The minimum Gasteiger partial charge on any atom is -0.372 e. The number of nitrogens with zero attached hydrogens (tertiary/aromatic N) is 1. The minimum absolute atomic E-state index is 0.589. The fraction of sp³-hybridized carbons (Fsp3) is 0.571. The van der Waals surface area contributed by atoms with Crippen molar-refractivity contribution in [3.63, 3.8) is 0 Å².